The summed E-state index contributed by atoms with van der Waals surface area (Å²) in [6.07, 6.45) is 4.56. The average Bonchev–Trinajstić information content (AvgIpc) is 2.62. The first-order valence-electron chi connectivity index (χ1n) is 9.88. The van der Waals surface area contributed by atoms with Crippen LogP contribution in [0.15, 0.2) is 12.1 Å². The standard InChI is InChI=1S/C21H34N2O2/c1-14(2)6-9-23-10-7-16(8-11-23)19-12-18-17(20(13-22)25-19)5-4-15(3)21(18)24/h4-5,14,16,19-20,24H,6-13,22H2,1-3H3/t19-,20-/m0/s1. The van der Waals surface area contributed by atoms with E-state index in [9.17, 15) is 5.11 Å². The van der Waals surface area contributed by atoms with Gasteiger partial charge in [0, 0.05) is 18.5 Å². The summed E-state index contributed by atoms with van der Waals surface area (Å²) < 4.78 is 6.38. The number of hydrogen-bond donors (Lipinski definition) is 2. The molecule has 1 aromatic rings. The lowest BCUT2D eigenvalue weighted by atomic mass is 9.83. The van der Waals surface area contributed by atoms with Crippen LogP contribution in [0.1, 0.15) is 55.9 Å². The van der Waals surface area contributed by atoms with Gasteiger partial charge in [-0.1, -0.05) is 26.0 Å². The summed E-state index contributed by atoms with van der Waals surface area (Å²) in [5.41, 5.74) is 9.06. The number of aromatic hydroxyl groups is 1. The van der Waals surface area contributed by atoms with E-state index in [0.29, 0.717) is 18.2 Å². The van der Waals surface area contributed by atoms with E-state index in [1.165, 1.54) is 25.8 Å². The van der Waals surface area contributed by atoms with E-state index in [2.05, 4.69) is 24.8 Å². The Labute approximate surface area is 152 Å². The molecule has 0 spiro atoms. The van der Waals surface area contributed by atoms with Crippen LogP contribution in [0.25, 0.3) is 0 Å². The van der Waals surface area contributed by atoms with Crippen LogP contribution in [0.3, 0.4) is 0 Å². The van der Waals surface area contributed by atoms with Gasteiger partial charge >= 0.3 is 0 Å². The summed E-state index contributed by atoms with van der Waals surface area (Å²) in [5.74, 6) is 1.78. The summed E-state index contributed by atoms with van der Waals surface area (Å²) in [4.78, 5) is 2.59. The monoisotopic (exact) mass is 346 g/mol. The molecule has 0 aromatic heterocycles. The van der Waals surface area contributed by atoms with Crippen molar-refractivity contribution in [2.45, 2.75) is 58.7 Å². The zero-order valence-corrected chi connectivity index (χ0v) is 16.0. The van der Waals surface area contributed by atoms with Crippen LogP contribution < -0.4 is 5.73 Å². The second-order valence-corrected chi connectivity index (χ2v) is 8.26. The van der Waals surface area contributed by atoms with Crippen molar-refractivity contribution in [2.24, 2.45) is 17.6 Å². The molecule has 1 fully saturated rings. The van der Waals surface area contributed by atoms with Gasteiger partial charge in [0.15, 0.2) is 0 Å². The molecule has 0 unspecified atom stereocenters. The fourth-order valence-electron chi connectivity index (χ4n) is 4.27. The van der Waals surface area contributed by atoms with Crippen LogP contribution in [0.4, 0.5) is 0 Å². The van der Waals surface area contributed by atoms with E-state index in [1.807, 2.05) is 13.0 Å². The van der Waals surface area contributed by atoms with Crippen LogP contribution in [0.2, 0.25) is 0 Å². The number of likely N-dealkylation sites (tertiary alicyclic amines) is 1. The van der Waals surface area contributed by atoms with Crippen LogP contribution in [0.5, 0.6) is 5.75 Å². The molecule has 3 N–H and O–H groups in total. The van der Waals surface area contributed by atoms with Gasteiger partial charge in [0.25, 0.3) is 0 Å². The fourth-order valence-corrected chi connectivity index (χ4v) is 4.27. The molecule has 2 aliphatic rings. The topological polar surface area (TPSA) is 58.7 Å². The van der Waals surface area contributed by atoms with Crippen LogP contribution in [-0.2, 0) is 11.2 Å². The van der Waals surface area contributed by atoms with Crippen LogP contribution in [0, 0.1) is 18.8 Å². The maximum absolute atomic E-state index is 10.5. The number of nitrogens with zero attached hydrogens (tertiary/aromatic N) is 1. The molecule has 1 aromatic carbocycles. The van der Waals surface area contributed by atoms with Gasteiger partial charge in [0.05, 0.1) is 12.2 Å². The minimum Gasteiger partial charge on any atom is -0.507 e. The number of ether oxygens (including phenoxy) is 1. The minimum absolute atomic E-state index is 0.0841. The summed E-state index contributed by atoms with van der Waals surface area (Å²) in [5, 5.41) is 10.5. The molecule has 2 heterocycles. The predicted octanol–water partition coefficient (Wildman–Crippen LogP) is 3.40. The van der Waals surface area contributed by atoms with E-state index < -0.39 is 0 Å². The predicted molar refractivity (Wildman–Crippen MR) is 102 cm³/mol. The van der Waals surface area contributed by atoms with E-state index in [-0.39, 0.29) is 12.2 Å². The van der Waals surface area contributed by atoms with Gasteiger partial charge in [0.1, 0.15) is 5.75 Å². The first-order valence-corrected chi connectivity index (χ1v) is 9.88. The maximum atomic E-state index is 10.5. The molecular weight excluding hydrogens is 312 g/mol. The Morgan fingerprint density at radius 1 is 1.28 bits per heavy atom. The van der Waals surface area contributed by atoms with Crippen molar-refractivity contribution >= 4 is 0 Å². The number of nitrogens with two attached hydrogens (primary N) is 1. The Kier molecular flexibility index (Phi) is 6.03. The number of piperidine rings is 1. The number of rotatable bonds is 5. The van der Waals surface area contributed by atoms with Crippen molar-refractivity contribution in [1.29, 1.82) is 0 Å². The Morgan fingerprint density at radius 2 is 2.00 bits per heavy atom. The third-order valence-corrected chi connectivity index (χ3v) is 6.01. The molecule has 0 saturated carbocycles. The first kappa shape index (κ1) is 18.7. The third kappa shape index (κ3) is 4.18. The molecule has 0 amide bonds. The highest BCUT2D eigenvalue weighted by molar-refractivity contribution is 5.47. The molecule has 0 radical (unpaired) electrons. The summed E-state index contributed by atoms with van der Waals surface area (Å²) in [6.45, 7) is 10.6. The van der Waals surface area contributed by atoms with E-state index in [4.69, 9.17) is 10.5 Å². The number of phenolic OH excluding ortho intramolecular Hbond substituents is 1. The fraction of sp³-hybridized carbons (Fsp3) is 0.714. The molecular formula is C21H34N2O2. The highest BCUT2D eigenvalue weighted by atomic mass is 16.5. The van der Waals surface area contributed by atoms with Gasteiger partial charge in [-0.25, -0.2) is 0 Å². The summed E-state index contributed by atoms with van der Waals surface area (Å²) in [7, 11) is 0. The van der Waals surface area contributed by atoms with Gasteiger partial charge in [0.2, 0.25) is 0 Å². The van der Waals surface area contributed by atoms with Crippen LogP contribution in [-0.4, -0.2) is 42.3 Å². The van der Waals surface area contributed by atoms with E-state index in [0.717, 1.165) is 42.1 Å². The van der Waals surface area contributed by atoms with Crippen molar-refractivity contribution in [2.75, 3.05) is 26.2 Å². The quantitative estimate of drug-likeness (QED) is 0.858. The second kappa shape index (κ2) is 8.07. The molecule has 2 aliphatic heterocycles. The highest BCUT2D eigenvalue weighted by Crippen LogP contribution is 2.40. The molecule has 2 atom stereocenters. The number of hydrogen-bond acceptors (Lipinski definition) is 4. The first-order chi connectivity index (χ1) is 12.0. The zero-order valence-electron chi connectivity index (χ0n) is 16.0. The second-order valence-electron chi connectivity index (χ2n) is 8.26. The molecule has 0 aliphatic carbocycles. The van der Waals surface area contributed by atoms with E-state index >= 15 is 0 Å². The molecule has 25 heavy (non-hydrogen) atoms. The number of benzene rings is 1. The van der Waals surface area contributed by atoms with Crippen molar-refractivity contribution in [1.82, 2.24) is 4.90 Å². The number of phenols is 1. The number of fused-ring (bicyclic) bond motifs is 1. The Hall–Kier alpha value is -1.10. The maximum Gasteiger partial charge on any atom is 0.122 e. The third-order valence-electron chi connectivity index (χ3n) is 6.01. The normalized spacial score (nSPS) is 25.3. The van der Waals surface area contributed by atoms with Gasteiger partial charge in [-0.15, -0.1) is 0 Å². The lowest BCUT2D eigenvalue weighted by Crippen LogP contribution is -2.42. The Balaban J connectivity index is 1.65. The van der Waals surface area contributed by atoms with Crippen LogP contribution >= 0.6 is 0 Å². The van der Waals surface area contributed by atoms with Crippen molar-refractivity contribution in [3.05, 3.63) is 28.8 Å². The molecule has 4 heteroatoms. The molecule has 140 valence electrons. The largest absolute Gasteiger partial charge is 0.507 e. The Morgan fingerprint density at radius 3 is 2.64 bits per heavy atom. The lowest BCUT2D eigenvalue weighted by Gasteiger charge is -2.40. The highest BCUT2D eigenvalue weighted by Gasteiger charge is 2.35. The smallest absolute Gasteiger partial charge is 0.122 e. The molecule has 3 rings (SSSR count). The lowest BCUT2D eigenvalue weighted by molar-refractivity contribution is -0.0648. The van der Waals surface area contributed by atoms with Gasteiger partial charge in [-0.3, -0.25) is 0 Å². The van der Waals surface area contributed by atoms with Gasteiger partial charge in [-0.2, -0.15) is 0 Å². The van der Waals surface area contributed by atoms with Gasteiger partial charge < -0.3 is 20.5 Å². The van der Waals surface area contributed by atoms with Crippen molar-refractivity contribution in [3.63, 3.8) is 0 Å². The Bertz CT molecular complexity index is 580. The van der Waals surface area contributed by atoms with E-state index in [1.54, 1.807) is 0 Å². The number of aryl methyl sites for hydroxylation is 1. The average molecular weight is 347 g/mol. The molecule has 0 bridgehead atoms. The van der Waals surface area contributed by atoms with Crippen molar-refractivity contribution in [3.8, 4) is 5.75 Å². The summed E-state index contributed by atoms with van der Waals surface area (Å²) >= 11 is 0. The van der Waals surface area contributed by atoms with Crippen molar-refractivity contribution < 1.29 is 9.84 Å². The zero-order chi connectivity index (χ0) is 18.0. The molecule has 1 saturated heterocycles. The minimum atomic E-state index is -0.0841. The van der Waals surface area contributed by atoms with Gasteiger partial charge in [-0.05, 0) is 68.8 Å². The SMILES string of the molecule is Cc1ccc2c(c1O)C[C@@H](C1CCN(CCC(C)C)CC1)O[C@H]2CN. The molecule has 4 nitrogen and oxygen atoms in total. The summed E-state index contributed by atoms with van der Waals surface area (Å²) in [6, 6.07) is 4.04.